The van der Waals surface area contributed by atoms with Crippen LogP contribution in [0.3, 0.4) is 0 Å². The fraction of sp³-hybridized carbons (Fsp3) is 0.714. The van der Waals surface area contributed by atoms with Crippen LogP contribution in [0.15, 0.2) is 6.07 Å². The third-order valence-electron chi connectivity index (χ3n) is 3.99. The lowest BCUT2D eigenvalue weighted by Gasteiger charge is -2.35. The Morgan fingerprint density at radius 3 is 2.58 bits per heavy atom. The molecule has 1 N–H and O–H groups in total. The minimum atomic E-state index is 0.835. The maximum atomic E-state index is 4.56. The molecule has 5 nitrogen and oxygen atoms in total. The van der Waals surface area contributed by atoms with Crippen LogP contribution in [0, 0.1) is 12.8 Å². The molecule has 1 saturated heterocycles. The van der Waals surface area contributed by atoms with E-state index in [1.165, 1.54) is 19.4 Å². The Balaban J connectivity index is 1.62. The Kier molecular flexibility index (Phi) is 3.55. The van der Waals surface area contributed by atoms with Gasteiger partial charge in [0.15, 0.2) is 0 Å². The minimum Gasteiger partial charge on any atom is -0.373 e. The second kappa shape index (κ2) is 5.33. The van der Waals surface area contributed by atoms with Crippen molar-refractivity contribution in [2.45, 2.75) is 19.8 Å². The molecule has 1 aromatic heterocycles. The summed E-state index contributed by atoms with van der Waals surface area (Å²) in [5.41, 5.74) is 0. The zero-order valence-electron chi connectivity index (χ0n) is 11.9. The molecule has 2 fully saturated rings. The van der Waals surface area contributed by atoms with E-state index in [0.29, 0.717) is 0 Å². The Labute approximate surface area is 115 Å². The van der Waals surface area contributed by atoms with E-state index in [9.17, 15) is 0 Å². The maximum Gasteiger partial charge on any atom is 0.134 e. The van der Waals surface area contributed by atoms with Gasteiger partial charge in [-0.15, -0.1) is 0 Å². The Bertz CT molecular complexity index is 435. The van der Waals surface area contributed by atoms with Gasteiger partial charge in [0.05, 0.1) is 0 Å². The third-order valence-corrected chi connectivity index (χ3v) is 3.99. The van der Waals surface area contributed by atoms with Gasteiger partial charge < -0.3 is 10.2 Å². The summed E-state index contributed by atoms with van der Waals surface area (Å²) >= 11 is 0. The van der Waals surface area contributed by atoms with Gasteiger partial charge in [-0.05, 0) is 25.7 Å². The summed E-state index contributed by atoms with van der Waals surface area (Å²) in [6, 6.07) is 2.05. The fourth-order valence-electron chi connectivity index (χ4n) is 2.67. The topological polar surface area (TPSA) is 44.3 Å². The predicted octanol–water partition coefficient (Wildman–Crippen LogP) is 1.36. The summed E-state index contributed by atoms with van der Waals surface area (Å²) in [7, 11) is 1.90. The largest absolute Gasteiger partial charge is 0.373 e. The first-order valence-corrected chi connectivity index (χ1v) is 7.25. The number of aryl methyl sites for hydroxylation is 1. The van der Waals surface area contributed by atoms with Crippen LogP contribution in [0.2, 0.25) is 0 Å². The zero-order chi connectivity index (χ0) is 13.2. The molecular formula is C14H23N5. The van der Waals surface area contributed by atoms with Crippen LogP contribution in [-0.2, 0) is 0 Å². The van der Waals surface area contributed by atoms with Crippen molar-refractivity contribution in [1.82, 2.24) is 14.9 Å². The van der Waals surface area contributed by atoms with Gasteiger partial charge >= 0.3 is 0 Å². The monoisotopic (exact) mass is 261 g/mol. The standard InChI is InChI=1S/C14H23N5/c1-11-16-13(15-2)9-14(17-11)19-7-5-18(6-8-19)10-12-3-4-12/h9,12H,3-8,10H2,1-2H3,(H,15,16,17). The van der Waals surface area contributed by atoms with Gasteiger partial charge in [-0.3, -0.25) is 4.90 Å². The molecule has 3 rings (SSSR count). The van der Waals surface area contributed by atoms with Crippen LogP contribution < -0.4 is 10.2 Å². The van der Waals surface area contributed by atoms with E-state index < -0.39 is 0 Å². The van der Waals surface area contributed by atoms with E-state index in [0.717, 1.165) is 49.6 Å². The van der Waals surface area contributed by atoms with Gasteiger partial charge in [0, 0.05) is 45.8 Å². The molecule has 0 amide bonds. The van der Waals surface area contributed by atoms with Crippen molar-refractivity contribution >= 4 is 11.6 Å². The highest BCUT2D eigenvalue weighted by atomic mass is 15.3. The van der Waals surface area contributed by atoms with Crippen LogP contribution in [0.4, 0.5) is 11.6 Å². The summed E-state index contributed by atoms with van der Waals surface area (Å²) in [5, 5.41) is 3.10. The van der Waals surface area contributed by atoms with Crippen molar-refractivity contribution in [2.24, 2.45) is 5.92 Å². The highest BCUT2D eigenvalue weighted by Crippen LogP contribution is 2.30. The zero-order valence-corrected chi connectivity index (χ0v) is 11.9. The quantitative estimate of drug-likeness (QED) is 0.886. The summed E-state index contributed by atoms with van der Waals surface area (Å²) in [6.07, 6.45) is 2.88. The first kappa shape index (κ1) is 12.7. The molecule has 0 aromatic carbocycles. The average Bonchev–Trinajstić information content (AvgIpc) is 3.23. The van der Waals surface area contributed by atoms with Crippen molar-refractivity contribution in [1.29, 1.82) is 0 Å². The van der Waals surface area contributed by atoms with Crippen LogP contribution in [0.5, 0.6) is 0 Å². The molecule has 0 bridgehead atoms. The van der Waals surface area contributed by atoms with Crippen molar-refractivity contribution < 1.29 is 0 Å². The second-order valence-electron chi connectivity index (χ2n) is 5.64. The number of hydrogen-bond donors (Lipinski definition) is 1. The summed E-state index contributed by atoms with van der Waals surface area (Å²) in [4.78, 5) is 13.9. The lowest BCUT2D eigenvalue weighted by molar-refractivity contribution is 0.247. The molecule has 0 atom stereocenters. The lowest BCUT2D eigenvalue weighted by Crippen LogP contribution is -2.47. The van der Waals surface area contributed by atoms with Crippen molar-refractivity contribution in [3.05, 3.63) is 11.9 Å². The molecule has 0 spiro atoms. The molecule has 5 heteroatoms. The first-order valence-electron chi connectivity index (χ1n) is 7.25. The summed E-state index contributed by atoms with van der Waals surface area (Å²) in [6.45, 7) is 7.73. The molecule has 19 heavy (non-hydrogen) atoms. The predicted molar refractivity (Wildman–Crippen MR) is 77.7 cm³/mol. The van der Waals surface area contributed by atoms with Crippen LogP contribution >= 0.6 is 0 Å². The van der Waals surface area contributed by atoms with Gasteiger partial charge in [0.25, 0.3) is 0 Å². The highest BCUT2D eigenvalue weighted by molar-refractivity contribution is 5.49. The molecule has 1 saturated carbocycles. The SMILES string of the molecule is CNc1cc(N2CCN(CC3CC3)CC2)nc(C)n1. The van der Waals surface area contributed by atoms with Gasteiger partial charge in [-0.2, -0.15) is 0 Å². The second-order valence-corrected chi connectivity index (χ2v) is 5.64. The minimum absolute atomic E-state index is 0.835. The van der Waals surface area contributed by atoms with E-state index in [1.54, 1.807) is 0 Å². The summed E-state index contributed by atoms with van der Waals surface area (Å²) < 4.78 is 0. The van der Waals surface area contributed by atoms with Gasteiger partial charge in [-0.25, -0.2) is 9.97 Å². The number of piperazine rings is 1. The van der Waals surface area contributed by atoms with E-state index in [-0.39, 0.29) is 0 Å². The molecule has 0 radical (unpaired) electrons. The smallest absolute Gasteiger partial charge is 0.134 e. The number of nitrogens with one attached hydrogen (secondary N) is 1. The Morgan fingerprint density at radius 2 is 1.95 bits per heavy atom. The van der Waals surface area contributed by atoms with Gasteiger partial charge in [0.2, 0.25) is 0 Å². The normalized spacial score (nSPS) is 20.6. The van der Waals surface area contributed by atoms with E-state index in [1.807, 2.05) is 20.0 Å². The highest BCUT2D eigenvalue weighted by Gasteiger charge is 2.26. The van der Waals surface area contributed by atoms with Crippen LogP contribution in [0.1, 0.15) is 18.7 Å². The maximum absolute atomic E-state index is 4.56. The number of anilines is 2. The molecule has 104 valence electrons. The van der Waals surface area contributed by atoms with Crippen molar-refractivity contribution in [3.63, 3.8) is 0 Å². The average molecular weight is 261 g/mol. The van der Waals surface area contributed by atoms with Crippen LogP contribution in [-0.4, -0.2) is 54.6 Å². The number of hydrogen-bond acceptors (Lipinski definition) is 5. The van der Waals surface area contributed by atoms with Gasteiger partial charge in [0.1, 0.15) is 17.5 Å². The van der Waals surface area contributed by atoms with Gasteiger partial charge in [-0.1, -0.05) is 0 Å². The molecule has 1 aromatic rings. The molecule has 1 aliphatic carbocycles. The Hall–Kier alpha value is -1.36. The van der Waals surface area contributed by atoms with E-state index in [4.69, 9.17) is 0 Å². The molecule has 0 unspecified atom stereocenters. The number of rotatable bonds is 4. The molecule has 2 aliphatic rings. The number of nitrogens with zero attached hydrogens (tertiary/aromatic N) is 4. The Morgan fingerprint density at radius 1 is 1.21 bits per heavy atom. The molecule has 1 aliphatic heterocycles. The summed E-state index contributed by atoms with van der Waals surface area (Å²) in [5.74, 6) is 3.79. The van der Waals surface area contributed by atoms with Crippen molar-refractivity contribution in [3.8, 4) is 0 Å². The molecule has 2 heterocycles. The van der Waals surface area contributed by atoms with Crippen molar-refractivity contribution in [2.75, 3.05) is 50.0 Å². The molecular weight excluding hydrogens is 238 g/mol. The van der Waals surface area contributed by atoms with E-state index >= 15 is 0 Å². The number of aromatic nitrogens is 2. The fourth-order valence-corrected chi connectivity index (χ4v) is 2.67. The van der Waals surface area contributed by atoms with Crippen LogP contribution in [0.25, 0.3) is 0 Å². The van der Waals surface area contributed by atoms with E-state index in [2.05, 4.69) is 25.1 Å². The first-order chi connectivity index (χ1) is 9.24. The third kappa shape index (κ3) is 3.15. The lowest BCUT2D eigenvalue weighted by atomic mass is 10.2.